The molecule has 31 heavy (non-hydrogen) atoms. The molecule has 3 aromatic carbocycles. The highest BCUT2D eigenvalue weighted by Gasteiger charge is 2.34. The Labute approximate surface area is 184 Å². The first-order valence-electron chi connectivity index (χ1n) is 9.48. The Balaban J connectivity index is 1.78. The molecule has 0 spiro atoms. The molecule has 0 aliphatic carbocycles. The third kappa shape index (κ3) is 4.27. The fourth-order valence-electron chi connectivity index (χ4n) is 3.11. The van der Waals surface area contributed by atoms with Crippen LogP contribution in [0.15, 0.2) is 82.7 Å². The Hall–Kier alpha value is -3.71. The first kappa shape index (κ1) is 20.6. The number of nitrogens with zero attached hydrogens (tertiary/aromatic N) is 2. The highest BCUT2D eigenvalue weighted by Crippen LogP contribution is 2.41. The Morgan fingerprint density at radius 2 is 1.52 bits per heavy atom. The lowest BCUT2D eigenvalue weighted by Gasteiger charge is -2.15. The Morgan fingerprint density at radius 1 is 0.935 bits per heavy atom. The maximum atomic E-state index is 13.3. The normalized spacial score (nSPS) is 16.2. The van der Waals surface area contributed by atoms with E-state index in [1.54, 1.807) is 23.1 Å². The zero-order valence-electron chi connectivity index (χ0n) is 17.0. The molecule has 0 unspecified atom stereocenters. The first-order chi connectivity index (χ1) is 15.1. The number of carbonyl (C=O) groups is 1. The molecule has 1 N–H and O–H groups in total. The number of rotatable bonds is 5. The van der Waals surface area contributed by atoms with Crippen molar-refractivity contribution >= 4 is 40.3 Å². The molecule has 1 fully saturated rings. The second-order valence-corrected chi connectivity index (χ2v) is 7.60. The van der Waals surface area contributed by atoms with Crippen LogP contribution in [-0.4, -0.2) is 30.4 Å². The highest BCUT2D eigenvalue weighted by atomic mass is 32.2. The summed E-state index contributed by atoms with van der Waals surface area (Å²) in [5.74, 6) is 0.256. The first-order valence-corrected chi connectivity index (χ1v) is 10.3. The van der Waals surface area contributed by atoms with Crippen LogP contribution in [0.2, 0.25) is 0 Å². The molecule has 1 aliphatic rings. The van der Waals surface area contributed by atoms with Crippen LogP contribution < -0.4 is 14.4 Å². The molecule has 0 bridgehead atoms. The molecule has 0 atom stereocenters. The average molecular weight is 433 g/mol. The second-order valence-electron chi connectivity index (χ2n) is 6.59. The van der Waals surface area contributed by atoms with Crippen molar-refractivity contribution in [3.8, 4) is 17.2 Å². The lowest BCUT2D eigenvalue weighted by Crippen LogP contribution is -2.28. The number of anilines is 1. The lowest BCUT2D eigenvalue weighted by molar-refractivity contribution is -0.113. The van der Waals surface area contributed by atoms with Gasteiger partial charge in [-0.05, 0) is 59.8 Å². The number of amides is 1. The van der Waals surface area contributed by atoms with E-state index in [2.05, 4.69) is 0 Å². The van der Waals surface area contributed by atoms with Gasteiger partial charge < -0.3 is 14.6 Å². The van der Waals surface area contributed by atoms with Gasteiger partial charge in [0.2, 0.25) is 5.75 Å². The van der Waals surface area contributed by atoms with Gasteiger partial charge in [0.05, 0.1) is 30.5 Å². The van der Waals surface area contributed by atoms with E-state index in [1.165, 1.54) is 26.0 Å². The number of aliphatic imine (C=N–C) groups is 1. The van der Waals surface area contributed by atoms with Crippen LogP contribution in [0, 0.1) is 0 Å². The minimum atomic E-state index is -0.183. The fourth-order valence-corrected chi connectivity index (χ4v) is 4.12. The molecule has 6 nitrogen and oxygen atoms in total. The number of amidine groups is 1. The van der Waals surface area contributed by atoms with E-state index in [-0.39, 0.29) is 23.2 Å². The number of phenols is 1. The summed E-state index contributed by atoms with van der Waals surface area (Å²) in [7, 11) is 2.92. The summed E-state index contributed by atoms with van der Waals surface area (Å²) in [4.78, 5) is 20.1. The molecular formula is C24H20N2O4S. The van der Waals surface area contributed by atoms with Crippen molar-refractivity contribution in [1.82, 2.24) is 0 Å². The number of phenolic OH excluding ortho intramolecular Hbond substituents is 1. The maximum absolute atomic E-state index is 13.3. The van der Waals surface area contributed by atoms with E-state index in [0.717, 1.165) is 11.4 Å². The number of benzene rings is 3. The molecule has 0 saturated carbocycles. The zero-order chi connectivity index (χ0) is 21.8. The smallest absolute Gasteiger partial charge is 0.271 e. The number of carbonyl (C=O) groups excluding carboxylic acids is 1. The van der Waals surface area contributed by atoms with Gasteiger partial charge in [-0.15, -0.1) is 0 Å². The summed E-state index contributed by atoms with van der Waals surface area (Å²) in [6.07, 6.45) is 1.74. The summed E-state index contributed by atoms with van der Waals surface area (Å²) >= 11 is 1.29. The number of hydrogen-bond acceptors (Lipinski definition) is 6. The predicted octanol–water partition coefficient (Wildman–Crippen LogP) is 5.22. The number of hydrogen-bond donors (Lipinski definition) is 1. The third-order valence-electron chi connectivity index (χ3n) is 4.60. The van der Waals surface area contributed by atoms with Crippen LogP contribution >= 0.6 is 11.8 Å². The van der Waals surface area contributed by atoms with Gasteiger partial charge in [-0.2, -0.15) is 0 Å². The Morgan fingerprint density at radius 3 is 2.10 bits per heavy atom. The highest BCUT2D eigenvalue weighted by molar-refractivity contribution is 8.19. The molecule has 0 radical (unpaired) electrons. The van der Waals surface area contributed by atoms with Gasteiger partial charge in [-0.1, -0.05) is 36.4 Å². The molecule has 3 aromatic rings. The maximum Gasteiger partial charge on any atom is 0.271 e. The van der Waals surface area contributed by atoms with Gasteiger partial charge in [-0.25, -0.2) is 4.99 Å². The topological polar surface area (TPSA) is 71.4 Å². The van der Waals surface area contributed by atoms with Gasteiger partial charge >= 0.3 is 0 Å². The van der Waals surface area contributed by atoms with E-state index in [0.29, 0.717) is 15.6 Å². The molecule has 7 heteroatoms. The van der Waals surface area contributed by atoms with Gasteiger partial charge in [0.15, 0.2) is 16.7 Å². The predicted molar refractivity (Wildman–Crippen MR) is 124 cm³/mol. The molecule has 156 valence electrons. The number of ether oxygens (including phenoxy) is 2. The summed E-state index contributed by atoms with van der Waals surface area (Å²) < 4.78 is 10.4. The SMILES string of the molecule is COc1cc(/C=C2\SC(=Nc3ccccc3)N(c3ccccc3)C2=O)cc(OC)c1O. The minimum absolute atomic E-state index is 0.0882. The van der Waals surface area contributed by atoms with Gasteiger partial charge in [0.25, 0.3) is 5.91 Å². The van der Waals surface area contributed by atoms with E-state index in [9.17, 15) is 9.90 Å². The Kier molecular flexibility index (Phi) is 5.95. The number of aromatic hydroxyl groups is 1. The summed E-state index contributed by atoms with van der Waals surface area (Å²) in [6, 6.07) is 22.2. The van der Waals surface area contributed by atoms with E-state index < -0.39 is 0 Å². The lowest BCUT2D eigenvalue weighted by atomic mass is 10.1. The average Bonchev–Trinajstić information content (AvgIpc) is 3.10. The van der Waals surface area contributed by atoms with Crippen LogP contribution in [0.1, 0.15) is 5.56 Å². The molecular weight excluding hydrogens is 412 g/mol. The van der Waals surface area contributed by atoms with Crippen LogP contribution in [0.25, 0.3) is 6.08 Å². The van der Waals surface area contributed by atoms with Gasteiger partial charge in [0, 0.05) is 0 Å². The Bertz CT molecular complexity index is 1140. The van der Waals surface area contributed by atoms with Crippen LogP contribution in [0.3, 0.4) is 0 Å². The van der Waals surface area contributed by atoms with Crippen molar-refractivity contribution < 1.29 is 19.4 Å². The molecule has 1 heterocycles. The fraction of sp³-hybridized carbons (Fsp3) is 0.0833. The van der Waals surface area contributed by atoms with E-state index >= 15 is 0 Å². The molecule has 4 rings (SSSR count). The molecule has 1 saturated heterocycles. The van der Waals surface area contributed by atoms with Crippen LogP contribution in [-0.2, 0) is 4.79 Å². The van der Waals surface area contributed by atoms with Crippen molar-refractivity contribution in [1.29, 1.82) is 0 Å². The summed E-state index contributed by atoms with van der Waals surface area (Å²) in [6.45, 7) is 0. The van der Waals surface area contributed by atoms with Crippen molar-refractivity contribution in [3.63, 3.8) is 0 Å². The standard InChI is InChI=1S/C24H20N2O4S/c1-29-19-13-16(14-20(30-2)22(19)27)15-21-23(28)26(18-11-7-4-8-12-18)24(31-21)25-17-9-5-3-6-10-17/h3-15,27H,1-2H3/b21-15-,25-24?. The number of para-hydroxylation sites is 2. The molecule has 0 aromatic heterocycles. The third-order valence-corrected chi connectivity index (χ3v) is 5.57. The largest absolute Gasteiger partial charge is 0.502 e. The summed E-state index contributed by atoms with van der Waals surface area (Å²) in [5, 5.41) is 10.7. The second kappa shape index (κ2) is 8.97. The van der Waals surface area contributed by atoms with Crippen molar-refractivity contribution in [3.05, 3.63) is 83.3 Å². The number of thioether (sulfide) groups is 1. The van der Waals surface area contributed by atoms with Crippen molar-refractivity contribution in [2.24, 2.45) is 4.99 Å². The monoisotopic (exact) mass is 432 g/mol. The zero-order valence-corrected chi connectivity index (χ0v) is 17.8. The van der Waals surface area contributed by atoms with Crippen molar-refractivity contribution in [2.75, 3.05) is 19.1 Å². The summed E-state index contributed by atoms with van der Waals surface area (Å²) in [5.41, 5.74) is 2.16. The van der Waals surface area contributed by atoms with E-state index in [4.69, 9.17) is 14.5 Å². The molecule has 1 amide bonds. The van der Waals surface area contributed by atoms with Gasteiger partial charge in [0.1, 0.15) is 0 Å². The van der Waals surface area contributed by atoms with E-state index in [1.807, 2.05) is 60.7 Å². The van der Waals surface area contributed by atoms with Gasteiger partial charge in [-0.3, -0.25) is 9.69 Å². The quantitative estimate of drug-likeness (QED) is 0.560. The molecule has 1 aliphatic heterocycles. The van der Waals surface area contributed by atoms with Crippen LogP contribution in [0.4, 0.5) is 11.4 Å². The minimum Gasteiger partial charge on any atom is -0.502 e. The van der Waals surface area contributed by atoms with Crippen molar-refractivity contribution in [2.45, 2.75) is 0 Å². The number of methoxy groups -OCH3 is 2. The van der Waals surface area contributed by atoms with Crippen LogP contribution in [0.5, 0.6) is 17.2 Å².